The zero-order valence-electron chi connectivity index (χ0n) is 46.8. The Kier molecular flexibility index (Phi) is 20.4. The molecule has 0 saturated carbocycles. The summed E-state index contributed by atoms with van der Waals surface area (Å²) in [5.74, 6) is -3.72. The number of unbranched alkanes of at least 4 members (excludes halogenated alkanes) is 2. The van der Waals surface area contributed by atoms with Gasteiger partial charge in [0, 0.05) is 72.6 Å². The SMILES string of the molecule is CC(C)[C@H](NC(=O)CCCCCN1C(=O)C=CC1=O)C(=O)N[C@@H](C)C(=O)Nc1ccc(COC(=O)N(C)CCCC(=O)Nc2ncnc3c2ncn3[C@H]2C[C@@H]3O[P+](=O)OCC4O[C@@H](n5cc(F)c6c(=O)[nH]cnc65)[C@H](O[P+](=O)OC[C@H]3O2)[C@@H]4O)cc1. The van der Waals surface area contributed by atoms with Gasteiger partial charge in [-0.05, 0) is 49.8 Å². The highest BCUT2D eigenvalue weighted by Crippen LogP contribution is 2.44. The number of ether oxygens (including phenoxy) is 3. The van der Waals surface area contributed by atoms with Crippen LogP contribution < -0.4 is 26.8 Å². The average Bonchev–Trinajstić information content (AvgIpc) is 1.73. The van der Waals surface area contributed by atoms with Gasteiger partial charge in [0.15, 0.2) is 40.8 Å². The van der Waals surface area contributed by atoms with Gasteiger partial charge in [0.1, 0.15) is 74.3 Å². The fourth-order valence-corrected chi connectivity index (χ4v) is 11.3. The molecule has 34 heteroatoms. The number of nitrogens with one attached hydrogen (secondary N) is 5. The van der Waals surface area contributed by atoms with Gasteiger partial charge in [0.2, 0.25) is 23.6 Å². The van der Waals surface area contributed by atoms with Crippen LogP contribution in [-0.2, 0) is 76.8 Å². The van der Waals surface area contributed by atoms with E-state index < -0.39 is 125 Å². The summed E-state index contributed by atoms with van der Waals surface area (Å²) in [5, 5.41) is 21.6. The Bertz CT molecular complexity index is 3470. The zero-order chi connectivity index (χ0) is 61.3. The Balaban J connectivity index is 0.691. The molecule has 4 aliphatic heterocycles. The molecule has 5 aromatic rings. The van der Waals surface area contributed by atoms with Gasteiger partial charge in [-0.1, -0.05) is 32.4 Å². The van der Waals surface area contributed by atoms with Crippen LogP contribution in [0.25, 0.3) is 22.2 Å². The van der Waals surface area contributed by atoms with Crippen LogP contribution >= 0.6 is 16.5 Å². The largest absolute Gasteiger partial charge is 0.698 e. The second kappa shape index (κ2) is 28.1. The van der Waals surface area contributed by atoms with E-state index in [0.29, 0.717) is 30.5 Å². The number of amides is 7. The molecule has 3 saturated heterocycles. The molecular formula is C52H62FN13O18P2+2. The van der Waals surface area contributed by atoms with Crippen LogP contribution in [0, 0.1) is 11.7 Å². The summed E-state index contributed by atoms with van der Waals surface area (Å²) in [6.45, 7) is 4.37. The first kappa shape index (κ1) is 62.6. The molecule has 3 fully saturated rings. The Morgan fingerprint density at radius 3 is 2.29 bits per heavy atom. The monoisotopic (exact) mass is 1240 g/mol. The number of hydrogen-bond acceptors (Lipinski definition) is 22. The lowest BCUT2D eigenvalue weighted by Crippen LogP contribution is -2.53. The summed E-state index contributed by atoms with van der Waals surface area (Å²) < 4.78 is 84.0. The highest BCUT2D eigenvalue weighted by atomic mass is 31.1. The maximum absolute atomic E-state index is 14.9. The molecule has 1 aromatic carbocycles. The molecule has 11 atom stereocenters. The maximum Gasteiger partial charge on any atom is 0.698 e. The standard InChI is InChI=1S/C52H60FN13O18P2/c1-27(2)41(61-35(67)9-6-5-7-18-64-37(69)15-16-38(64)70)50(74)59-28(3)48(72)60-30-13-11-29(12-14-30)21-78-52(75)63(4)17-8-10-36(68)62-45-42-47(56-24-54-45)66(26-58-42)39-19-32-33(81-39)22-79-86(77)84-44-43(71)34(23-80-85(76)83-32)82-51(44)65-20-31(53)40-46(65)55-25-57-49(40)73/h11-16,20,24-28,32-34,39,41,43-44,51,71H,5-10,17-19,21-23H2,1-4H3,(H3-2,54,55,56,57,59,60,61,62,67,68,72,73,74)/p+2/t28-,32-,33+,34?,39+,41-,43+,44+,51+/m0/s1. The number of nitrogens with zero attached hydrogens (tertiary/aromatic N) is 8. The van der Waals surface area contributed by atoms with Crippen molar-refractivity contribution in [2.75, 3.05) is 44.0 Å². The van der Waals surface area contributed by atoms with Gasteiger partial charge in [0.25, 0.3) is 17.4 Å². The molecule has 6 N–H and O–H groups in total. The van der Waals surface area contributed by atoms with Gasteiger partial charge in [-0.25, -0.2) is 29.1 Å². The fourth-order valence-electron chi connectivity index (χ4n) is 9.75. The van der Waals surface area contributed by atoms with E-state index in [1.807, 2.05) is 0 Å². The predicted octanol–water partition coefficient (Wildman–Crippen LogP) is 3.44. The topological polar surface area (TPSA) is 387 Å². The molecule has 4 aliphatic rings. The summed E-state index contributed by atoms with van der Waals surface area (Å²) in [7, 11) is -4.44. The predicted molar refractivity (Wildman–Crippen MR) is 295 cm³/mol. The molecule has 3 unspecified atom stereocenters. The molecule has 8 heterocycles. The molecule has 0 aliphatic carbocycles. The molecule has 0 spiro atoms. The summed E-state index contributed by atoms with van der Waals surface area (Å²) >= 11 is 0. The summed E-state index contributed by atoms with van der Waals surface area (Å²) in [5.41, 5.74) is 0.507. The van der Waals surface area contributed by atoms with Crippen LogP contribution in [0.1, 0.15) is 83.7 Å². The normalized spacial score (nSPS) is 23.1. The van der Waals surface area contributed by atoms with Gasteiger partial charge >= 0.3 is 22.6 Å². The average molecular weight is 1240 g/mol. The van der Waals surface area contributed by atoms with Crippen molar-refractivity contribution in [3.63, 3.8) is 0 Å². The second-order valence-electron chi connectivity index (χ2n) is 20.8. The first-order chi connectivity index (χ1) is 41.2. The van der Waals surface area contributed by atoms with Gasteiger partial charge < -0.3 is 50.5 Å². The number of hydrogen-bond donors (Lipinski definition) is 6. The van der Waals surface area contributed by atoms with Crippen LogP contribution in [-0.4, -0.2) is 166 Å². The van der Waals surface area contributed by atoms with Crippen LogP contribution in [0.3, 0.4) is 0 Å². The van der Waals surface area contributed by atoms with Crippen LogP contribution in [0.5, 0.6) is 0 Å². The molecule has 9 rings (SSSR count). The third-order valence-electron chi connectivity index (χ3n) is 14.4. The Morgan fingerprint density at radius 1 is 0.826 bits per heavy atom. The number of halogens is 1. The van der Waals surface area contributed by atoms with Gasteiger partial charge in [-0.15, -0.1) is 18.1 Å². The minimum absolute atomic E-state index is 0.0246. The number of carbonyl (C=O) groups is 7. The Morgan fingerprint density at radius 2 is 1.55 bits per heavy atom. The lowest BCUT2D eigenvalue weighted by atomic mass is 10.0. The number of fused-ring (bicyclic) bond motifs is 5. The number of aliphatic hydroxyl groups excluding tert-OH is 1. The minimum atomic E-state index is -3.04. The minimum Gasteiger partial charge on any atom is -0.445 e. The number of carbonyl (C=O) groups excluding carboxylic acids is 7. The maximum atomic E-state index is 14.9. The zero-order valence-corrected chi connectivity index (χ0v) is 48.6. The third-order valence-corrected chi connectivity index (χ3v) is 16.0. The third kappa shape index (κ3) is 15.0. The molecule has 7 amide bonds. The quantitative estimate of drug-likeness (QED) is 0.0348. The highest BCUT2D eigenvalue weighted by Gasteiger charge is 2.54. The Hall–Kier alpha value is -7.93. The first-order valence-corrected chi connectivity index (χ1v) is 29.6. The molecule has 0 radical (unpaired) electrons. The summed E-state index contributed by atoms with van der Waals surface area (Å²) in [6, 6.07) is 4.62. The van der Waals surface area contributed by atoms with Crippen molar-refractivity contribution in [3.8, 4) is 0 Å². The summed E-state index contributed by atoms with van der Waals surface area (Å²) in [4.78, 5) is 122. The number of imide groups is 1. The molecular weight excluding hydrogens is 1180 g/mol. The highest BCUT2D eigenvalue weighted by molar-refractivity contribution is 7.33. The number of rotatable bonds is 21. The van der Waals surface area contributed by atoms with E-state index in [1.54, 1.807) is 38.1 Å². The van der Waals surface area contributed by atoms with E-state index in [2.05, 4.69) is 46.2 Å². The lowest BCUT2D eigenvalue weighted by Gasteiger charge is -2.24. The van der Waals surface area contributed by atoms with Crippen LogP contribution in [0.2, 0.25) is 0 Å². The lowest BCUT2D eigenvalue weighted by molar-refractivity contribution is -0.137. The summed E-state index contributed by atoms with van der Waals surface area (Å²) in [6.07, 6.45) is -0.307. The van der Waals surface area contributed by atoms with Gasteiger partial charge in [-0.3, -0.25) is 47.6 Å². The number of imidazole rings is 1. The van der Waals surface area contributed by atoms with Crippen LogP contribution in [0.4, 0.5) is 20.7 Å². The van der Waals surface area contributed by atoms with Crippen molar-refractivity contribution in [2.45, 2.75) is 127 Å². The molecule has 86 heavy (non-hydrogen) atoms. The smallest absolute Gasteiger partial charge is 0.445 e. The van der Waals surface area contributed by atoms with E-state index in [4.69, 9.17) is 32.3 Å². The number of anilines is 2. The van der Waals surface area contributed by atoms with Gasteiger partial charge in [0.05, 0.1) is 12.7 Å². The van der Waals surface area contributed by atoms with Crippen molar-refractivity contribution < 1.29 is 84.5 Å². The van der Waals surface area contributed by atoms with Crippen molar-refractivity contribution in [1.29, 1.82) is 0 Å². The number of aliphatic hydroxyl groups is 1. The van der Waals surface area contributed by atoms with Crippen molar-refractivity contribution in [2.24, 2.45) is 5.92 Å². The number of benzene rings is 1. The van der Waals surface area contributed by atoms with E-state index in [9.17, 15) is 57.0 Å². The van der Waals surface area contributed by atoms with Crippen molar-refractivity contribution in [3.05, 3.63) is 83.3 Å². The second-order valence-corrected chi connectivity index (χ2v) is 22.7. The number of aromatic amines is 1. The molecule has 31 nitrogen and oxygen atoms in total. The van der Waals surface area contributed by atoms with E-state index in [0.717, 1.165) is 22.0 Å². The van der Waals surface area contributed by atoms with E-state index >= 15 is 0 Å². The fraction of sp³-hybridized carbons (Fsp3) is 0.500. The molecule has 2 bridgehead atoms. The number of H-pyrrole nitrogens is 1. The van der Waals surface area contributed by atoms with Crippen LogP contribution in [0.15, 0.2) is 66.4 Å². The molecule has 4 aromatic heterocycles. The first-order valence-electron chi connectivity index (χ1n) is 27.4. The van der Waals surface area contributed by atoms with Crippen molar-refractivity contribution >= 4 is 91.7 Å². The van der Waals surface area contributed by atoms with Gasteiger partial charge in [-0.2, -0.15) is 0 Å². The van der Waals surface area contributed by atoms with E-state index in [-0.39, 0.29) is 91.6 Å². The number of aromatic nitrogens is 7. The molecule has 458 valence electrons. The Labute approximate surface area is 489 Å². The van der Waals surface area contributed by atoms with Crippen molar-refractivity contribution in [1.82, 2.24) is 54.5 Å². The van der Waals surface area contributed by atoms with E-state index in [1.165, 1.54) is 48.2 Å².